The topological polar surface area (TPSA) is 77.1 Å². The van der Waals surface area contributed by atoms with Crippen LogP contribution in [0.1, 0.15) is 55.8 Å². The third-order valence-electron chi connectivity index (χ3n) is 6.84. The van der Waals surface area contributed by atoms with Crippen molar-refractivity contribution in [1.29, 1.82) is 0 Å². The van der Waals surface area contributed by atoms with Crippen molar-refractivity contribution in [2.75, 3.05) is 46.0 Å². The van der Waals surface area contributed by atoms with E-state index in [2.05, 4.69) is 22.4 Å². The Morgan fingerprint density at radius 1 is 1.09 bits per heavy atom. The minimum absolute atomic E-state index is 0.0251. The zero-order valence-corrected chi connectivity index (χ0v) is 20.8. The van der Waals surface area contributed by atoms with Crippen LogP contribution in [0.5, 0.6) is 5.75 Å². The monoisotopic (exact) mass is 482 g/mol. The molecular formula is C28H38N2O5. The van der Waals surface area contributed by atoms with E-state index in [9.17, 15) is 9.59 Å². The van der Waals surface area contributed by atoms with Crippen molar-refractivity contribution in [3.8, 4) is 5.75 Å². The molecule has 1 N–H and O–H groups in total. The third-order valence-corrected chi connectivity index (χ3v) is 6.84. The first kappa shape index (κ1) is 25.3. The van der Waals surface area contributed by atoms with E-state index in [1.807, 2.05) is 6.92 Å². The maximum Gasteiger partial charge on any atom is 0.220 e. The zero-order valence-electron chi connectivity index (χ0n) is 20.8. The number of carbonyl (C=O) groups excluding carboxylic acids is 2. The van der Waals surface area contributed by atoms with Gasteiger partial charge in [0.15, 0.2) is 17.3 Å². The smallest absolute Gasteiger partial charge is 0.220 e. The number of benzene rings is 1. The number of likely N-dealkylation sites (tertiary alicyclic amines) is 1. The molecule has 1 aliphatic carbocycles. The number of hydrogen-bond acceptors (Lipinski definition) is 6. The van der Waals surface area contributed by atoms with E-state index in [1.165, 1.54) is 12.8 Å². The summed E-state index contributed by atoms with van der Waals surface area (Å²) in [5.41, 5.74) is 0.611. The van der Waals surface area contributed by atoms with Gasteiger partial charge in [-0.15, -0.1) is 0 Å². The summed E-state index contributed by atoms with van der Waals surface area (Å²) in [4.78, 5) is 27.6. The number of Topliss-reactive ketones (excluding diaryl/α,β-unsaturated/α-hetero) is 1. The summed E-state index contributed by atoms with van der Waals surface area (Å²) in [7, 11) is 0. The van der Waals surface area contributed by atoms with Crippen LogP contribution in [0.2, 0.25) is 0 Å². The summed E-state index contributed by atoms with van der Waals surface area (Å²) in [5.74, 6) is 3.11. The van der Waals surface area contributed by atoms with Gasteiger partial charge in [0, 0.05) is 31.5 Å². The Labute approximate surface area is 208 Å². The standard InChI is InChI=1S/C28H38N2O5/c1-2-33-24-8-6-23(7-9-24)25(31)10-12-28(32)29-19-22(20-30-13-3-4-14-30)17-21-5-11-26-27(18-21)35-16-15-34-26/h6-9,11,18,21-22H,2-5,10,12-17,19-20H2,1H3,(H,29,32). The summed E-state index contributed by atoms with van der Waals surface area (Å²) in [6.45, 7) is 7.59. The quantitative estimate of drug-likeness (QED) is 0.452. The summed E-state index contributed by atoms with van der Waals surface area (Å²) < 4.78 is 16.9. The van der Waals surface area contributed by atoms with Crippen LogP contribution >= 0.6 is 0 Å². The Balaban J connectivity index is 1.25. The van der Waals surface area contributed by atoms with Crippen LogP contribution in [0, 0.1) is 11.8 Å². The van der Waals surface area contributed by atoms with Crippen molar-refractivity contribution < 1.29 is 23.8 Å². The van der Waals surface area contributed by atoms with E-state index in [-0.39, 0.29) is 24.5 Å². The average Bonchev–Trinajstić information content (AvgIpc) is 3.39. The molecule has 1 aromatic carbocycles. The summed E-state index contributed by atoms with van der Waals surface area (Å²) in [6, 6.07) is 7.11. The van der Waals surface area contributed by atoms with Gasteiger partial charge in [0.2, 0.25) is 5.91 Å². The van der Waals surface area contributed by atoms with Crippen LogP contribution in [-0.2, 0) is 14.3 Å². The van der Waals surface area contributed by atoms with Gasteiger partial charge in [-0.3, -0.25) is 9.59 Å². The molecule has 2 unspecified atom stereocenters. The van der Waals surface area contributed by atoms with Gasteiger partial charge in [0.25, 0.3) is 0 Å². The number of nitrogens with one attached hydrogen (secondary N) is 1. The summed E-state index contributed by atoms with van der Waals surface area (Å²) >= 11 is 0. The first-order chi connectivity index (χ1) is 17.1. The molecule has 2 aliphatic heterocycles. The van der Waals surface area contributed by atoms with Crippen LogP contribution in [-0.4, -0.2) is 62.6 Å². The van der Waals surface area contributed by atoms with Crippen molar-refractivity contribution in [1.82, 2.24) is 10.2 Å². The maximum absolute atomic E-state index is 12.6. The zero-order chi connectivity index (χ0) is 24.5. The molecule has 1 amide bonds. The molecule has 2 heterocycles. The molecule has 190 valence electrons. The lowest BCUT2D eigenvalue weighted by atomic mass is 9.88. The van der Waals surface area contributed by atoms with Crippen LogP contribution in [0.15, 0.2) is 47.9 Å². The molecule has 0 aromatic heterocycles. The number of hydrogen-bond donors (Lipinski definition) is 1. The van der Waals surface area contributed by atoms with E-state index in [4.69, 9.17) is 14.2 Å². The number of fused-ring (bicyclic) bond motifs is 1. The highest BCUT2D eigenvalue weighted by Gasteiger charge is 2.25. The number of nitrogens with zero attached hydrogens (tertiary/aromatic N) is 1. The van der Waals surface area contributed by atoms with Gasteiger partial charge in [-0.1, -0.05) is 0 Å². The number of rotatable bonds is 12. The Morgan fingerprint density at radius 3 is 2.57 bits per heavy atom. The average molecular weight is 483 g/mol. The number of amides is 1. The van der Waals surface area contributed by atoms with Gasteiger partial charge in [0.05, 0.1) is 6.61 Å². The highest BCUT2D eigenvalue weighted by atomic mass is 16.6. The van der Waals surface area contributed by atoms with Crippen molar-refractivity contribution in [2.24, 2.45) is 11.8 Å². The molecule has 0 spiro atoms. The van der Waals surface area contributed by atoms with E-state index in [0.717, 1.165) is 49.7 Å². The van der Waals surface area contributed by atoms with Crippen LogP contribution in [0.25, 0.3) is 0 Å². The van der Waals surface area contributed by atoms with Crippen LogP contribution < -0.4 is 10.1 Å². The lowest BCUT2D eigenvalue weighted by Gasteiger charge is -2.29. The minimum Gasteiger partial charge on any atom is -0.494 e. The van der Waals surface area contributed by atoms with Crippen LogP contribution in [0.3, 0.4) is 0 Å². The molecular weight excluding hydrogens is 444 g/mol. The van der Waals surface area contributed by atoms with Gasteiger partial charge in [0.1, 0.15) is 19.0 Å². The molecule has 0 saturated carbocycles. The SMILES string of the molecule is CCOc1ccc(C(=O)CCC(=O)NCC(CC2C=C3OCCOC3=CC2)CN2CCCC2)cc1. The largest absolute Gasteiger partial charge is 0.494 e. The second-order valence-electron chi connectivity index (χ2n) is 9.59. The lowest BCUT2D eigenvalue weighted by Crippen LogP contribution is -2.37. The molecule has 7 nitrogen and oxygen atoms in total. The molecule has 2 saturated heterocycles. The first-order valence-corrected chi connectivity index (χ1v) is 13.0. The highest BCUT2D eigenvalue weighted by Crippen LogP contribution is 2.31. The number of ether oxygens (including phenoxy) is 3. The third kappa shape index (κ3) is 7.59. The predicted molar refractivity (Wildman–Crippen MR) is 134 cm³/mol. The Kier molecular flexibility index (Phi) is 9.23. The summed E-state index contributed by atoms with van der Waals surface area (Å²) in [5, 5.41) is 3.11. The molecule has 2 atom stereocenters. The second kappa shape index (κ2) is 12.8. The maximum atomic E-state index is 12.6. The van der Waals surface area contributed by atoms with E-state index >= 15 is 0 Å². The van der Waals surface area contributed by atoms with E-state index < -0.39 is 0 Å². The molecule has 4 rings (SSSR count). The molecule has 0 radical (unpaired) electrons. The van der Waals surface area contributed by atoms with Gasteiger partial charge in [-0.25, -0.2) is 0 Å². The molecule has 1 aromatic rings. The Bertz CT molecular complexity index is 918. The van der Waals surface area contributed by atoms with Gasteiger partial charge < -0.3 is 24.4 Å². The number of ketones is 1. The predicted octanol–water partition coefficient (Wildman–Crippen LogP) is 4.10. The second-order valence-corrected chi connectivity index (χ2v) is 9.59. The fraction of sp³-hybridized carbons (Fsp3) is 0.571. The molecule has 35 heavy (non-hydrogen) atoms. The fourth-order valence-electron chi connectivity index (χ4n) is 5.04. The fourth-order valence-corrected chi connectivity index (χ4v) is 5.04. The van der Waals surface area contributed by atoms with E-state index in [0.29, 0.717) is 43.8 Å². The molecule has 2 fully saturated rings. The highest BCUT2D eigenvalue weighted by molar-refractivity contribution is 5.98. The Hall–Kier alpha value is -2.80. The van der Waals surface area contributed by atoms with E-state index in [1.54, 1.807) is 24.3 Å². The van der Waals surface area contributed by atoms with Crippen molar-refractivity contribution in [3.63, 3.8) is 0 Å². The minimum atomic E-state index is -0.0658. The molecule has 0 bridgehead atoms. The number of allylic oxidation sites excluding steroid dienone is 2. The summed E-state index contributed by atoms with van der Waals surface area (Å²) in [6.07, 6.45) is 9.15. The van der Waals surface area contributed by atoms with Gasteiger partial charge in [-0.2, -0.15) is 0 Å². The van der Waals surface area contributed by atoms with Gasteiger partial charge >= 0.3 is 0 Å². The molecule has 3 aliphatic rings. The van der Waals surface area contributed by atoms with Crippen molar-refractivity contribution >= 4 is 11.7 Å². The van der Waals surface area contributed by atoms with Crippen molar-refractivity contribution in [2.45, 2.75) is 45.4 Å². The first-order valence-electron chi connectivity index (χ1n) is 13.0. The van der Waals surface area contributed by atoms with Crippen molar-refractivity contribution in [3.05, 3.63) is 53.5 Å². The molecule has 7 heteroatoms. The Morgan fingerprint density at radius 2 is 1.83 bits per heavy atom. The van der Waals surface area contributed by atoms with Gasteiger partial charge in [-0.05, 0) is 93.9 Å². The normalized spacial score (nSPS) is 20.5. The van der Waals surface area contributed by atoms with Crippen LogP contribution in [0.4, 0.5) is 0 Å². The number of carbonyl (C=O) groups is 2. The lowest BCUT2D eigenvalue weighted by molar-refractivity contribution is -0.121.